The summed E-state index contributed by atoms with van der Waals surface area (Å²) >= 11 is 0. The Labute approximate surface area is 107 Å². The summed E-state index contributed by atoms with van der Waals surface area (Å²) in [6.45, 7) is 1.90. The Morgan fingerprint density at radius 3 is 2.00 bits per heavy atom. The molecule has 0 aromatic carbocycles. The van der Waals surface area contributed by atoms with E-state index in [1.54, 1.807) is 0 Å². The molecule has 0 saturated carbocycles. The van der Waals surface area contributed by atoms with E-state index >= 15 is 0 Å². The van der Waals surface area contributed by atoms with Gasteiger partial charge in [0.25, 0.3) is 0 Å². The zero-order chi connectivity index (χ0) is 14.8. The Kier molecular flexibility index (Phi) is 10.6. The van der Waals surface area contributed by atoms with E-state index < -0.39 is 28.0 Å². The Morgan fingerprint density at radius 1 is 1.22 bits per heavy atom. The normalized spacial score (nSPS) is 13.7. The predicted molar refractivity (Wildman–Crippen MR) is 65.1 cm³/mol. The Balaban J connectivity index is 0. The van der Waals surface area contributed by atoms with Crippen molar-refractivity contribution in [2.75, 3.05) is 14.1 Å². The van der Waals surface area contributed by atoms with Crippen LogP contribution in [0.4, 0.5) is 13.2 Å². The summed E-state index contributed by atoms with van der Waals surface area (Å²) in [4.78, 5) is 0. The number of alkyl halides is 3. The number of rotatable bonds is 7. The van der Waals surface area contributed by atoms with Gasteiger partial charge < -0.3 is 5.32 Å². The van der Waals surface area contributed by atoms with E-state index in [1.165, 1.54) is 0 Å². The van der Waals surface area contributed by atoms with Gasteiger partial charge in [-0.3, -0.25) is 4.55 Å². The van der Waals surface area contributed by atoms with Crippen LogP contribution >= 0.6 is 0 Å². The second-order valence-electron chi connectivity index (χ2n) is 3.85. The smallest absolute Gasteiger partial charge is 0.323 e. The molecule has 1 unspecified atom stereocenters. The van der Waals surface area contributed by atoms with Crippen molar-refractivity contribution in [3.63, 3.8) is 0 Å². The Bertz CT molecular complexity index is 297. The number of unbranched alkanes of at least 4 members (excludes halogenated alkanes) is 3. The molecule has 0 bridgehead atoms. The molecule has 0 aliphatic heterocycles. The second kappa shape index (κ2) is 9.57. The molecule has 1 atom stereocenters. The molecule has 2 N–H and O–H groups in total. The van der Waals surface area contributed by atoms with Crippen LogP contribution in [0.3, 0.4) is 0 Å². The van der Waals surface area contributed by atoms with E-state index in [9.17, 15) is 21.6 Å². The first kappa shape index (κ1) is 20.0. The Morgan fingerprint density at radius 2 is 1.67 bits per heavy atom. The average Bonchev–Trinajstić information content (AvgIpc) is 2.23. The van der Waals surface area contributed by atoms with Gasteiger partial charge in [-0.2, -0.15) is 17.2 Å². The van der Waals surface area contributed by atoms with Gasteiger partial charge >= 0.3 is 15.4 Å². The molecule has 0 heterocycles. The molecule has 0 fully saturated rings. The lowest BCUT2D eigenvalue weighted by atomic mass is 10.1. The maximum Gasteiger partial charge on any atom is 0.400 e. The molecule has 8 heteroatoms. The van der Waals surface area contributed by atoms with Gasteiger partial charge in [0.05, 0.1) is 0 Å². The third-order valence-electron chi connectivity index (χ3n) is 2.02. The summed E-state index contributed by atoms with van der Waals surface area (Å²) < 4.78 is 66.5. The highest BCUT2D eigenvalue weighted by molar-refractivity contribution is 7.86. The number of nitrogens with one attached hydrogen (secondary N) is 1. The van der Waals surface area contributed by atoms with Gasteiger partial charge in [-0.1, -0.05) is 32.6 Å². The molecule has 0 aromatic rings. The van der Waals surface area contributed by atoms with Crippen LogP contribution in [0.15, 0.2) is 0 Å². The van der Waals surface area contributed by atoms with Crippen LogP contribution in [0.25, 0.3) is 0 Å². The lowest BCUT2D eigenvalue weighted by Crippen LogP contribution is -2.38. The molecule has 0 amide bonds. The van der Waals surface area contributed by atoms with Crippen molar-refractivity contribution in [1.29, 1.82) is 0 Å². The lowest BCUT2D eigenvalue weighted by molar-refractivity contribution is -0.00707. The molecule has 4 nitrogen and oxygen atoms in total. The fraction of sp³-hybridized carbons (Fsp3) is 1.00. The van der Waals surface area contributed by atoms with Crippen molar-refractivity contribution >= 4 is 10.1 Å². The topological polar surface area (TPSA) is 66.4 Å². The van der Waals surface area contributed by atoms with Crippen LogP contribution < -0.4 is 5.32 Å². The molecular weight excluding hydrogens is 271 g/mol. The lowest BCUT2D eigenvalue weighted by Gasteiger charge is -2.17. The van der Waals surface area contributed by atoms with Crippen molar-refractivity contribution in [2.45, 2.75) is 50.5 Å². The maximum absolute atomic E-state index is 12.8. The minimum absolute atomic E-state index is 0.181. The predicted octanol–water partition coefficient (Wildman–Crippen LogP) is 2.61. The highest BCUT2D eigenvalue weighted by atomic mass is 32.2. The van der Waals surface area contributed by atoms with Crippen molar-refractivity contribution in [3.8, 4) is 0 Å². The van der Waals surface area contributed by atoms with Crippen LogP contribution in [0, 0.1) is 0 Å². The monoisotopic (exact) mass is 293 g/mol. The standard InChI is InChI=1S/C8H15F3O3S.C2H7N/c1-2-3-4-5-6-7(9)8(10,11)15(12,13)14;1-3-2/h7H,2-6H2,1H3,(H,12,13,14);3H,1-2H3. The van der Waals surface area contributed by atoms with Crippen molar-refractivity contribution in [3.05, 3.63) is 0 Å². The van der Waals surface area contributed by atoms with Gasteiger partial charge in [0.2, 0.25) is 0 Å². The first-order chi connectivity index (χ1) is 8.15. The van der Waals surface area contributed by atoms with Gasteiger partial charge in [-0.05, 0) is 20.5 Å². The van der Waals surface area contributed by atoms with Crippen LogP contribution in [0.5, 0.6) is 0 Å². The molecule has 18 heavy (non-hydrogen) atoms. The van der Waals surface area contributed by atoms with Crippen LogP contribution in [0.1, 0.15) is 39.0 Å². The molecule has 0 aliphatic carbocycles. The molecular formula is C10H22F3NO3S. The van der Waals surface area contributed by atoms with E-state index in [-0.39, 0.29) is 6.42 Å². The summed E-state index contributed by atoms with van der Waals surface area (Å²) in [6.07, 6.45) is -1.01. The Hall–Kier alpha value is -0.340. The molecule has 0 saturated heterocycles. The summed E-state index contributed by atoms with van der Waals surface area (Å²) in [5.74, 6) is 0. The van der Waals surface area contributed by atoms with Gasteiger partial charge in [0.1, 0.15) is 0 Å². The van der Waals surface area contributed by atoms with Crippen molar-refractivity contribution in [1.82, 2.24) is 5.32 Å². The molecule has 0 aromatic heterocycles. The van der Waals surface area contributed by atoms with Gasteiger partial charge in [-0.25, -0.2) is 4.39 Å². The first-order valence-corrected chi connectivity index (χ1v) is 7.16. The zero-order valence-corrected chi connectivity index (χ0v) is 11.7. The first-order valence-electron chi connectivity index (χ1n) is 5.72. The highest BCUT2D eigenvalue weighted by Crippen LogP contribution is 2.30. The van der Waals surface area contributed by atoms with Crippen molar-refractivity contribution in [2.24, 2.45) is 0 Å². The van der Waals surface area contributed by atoms with Gasteiger partial charge in [-0.15, -0.1) is 0 Å². The fourth-order valence-corrected chi connectivity index (χ4v) is 1.52. The maximum atomic E-state index is 12.8. The fourth-order valence-electron chi connectivity index (χ4n) is 1.08. The number of hydrogen-bond donors (Lipinski definition) is 2. The summed E-state index contributed by atoms with van der Waals surface area (Å²) in [7, 11) is -1.90. The van der Waals surface area contributed by atoms with Gasteiger partial charge in [0.15, 0.2) is 6.17 Å². The minimum Gasteiger partial charge on any atom is -0.323 e. The number of hydrogen-bond acceptors (Lipinski definition) is 3. The van der Waals surface area contributed by atoms with E-state index in [2.05, 4.69) is 5.32 Å². The third kappa shape index (κ3) is 7.88. The quantitative estimate of drug-likeness (QED) is 0.559. The largest absolute Gasteiger partial charge is 0.400 e. The van der Waals surface area contributed by atoms with E-state index in [0.717, 1.165) is 12.8 Å². The average molecular weight is 293 g/mol. The molecule has 112 valence electrons. The molecule has 0 rings (SSSR count). The van der Waals surface area contributed by atoms with E-state index in [4.69, 9.17) is 4.55 Å². The van der Waals surface area contributed by atoms with Gasteiger partial charge in [0, 0.05) is 0 Å². The van der Waals surface area contributed by atoms with E-state index in [1.807, 2.05) is 21.0 Å². The SMILES string of the molecule is CCCCCCC(F)C(F)(F)S(=O)(=O)O.CNC. The minimum atomic E-state index is -5.65. The number of halogens is 3. The summed E-state index contributed by atoms with van der Waals surface area (Å²) in [6, 6.07) is 0. The van der Waals surface area contributed by atoms with Crippen LogP contribution in [0.2, 0.25) is 0 Å². The zero-order valence-electron chi connectivity index (χ0n) is 10.9. The second-order valence-corrected chi connectivity index (χ2v) is 5.35. The molecule has 0 aliphatic rings. The van der Waals surface area contributed by atoms with Crippen molar-refractivity contribution < 1.29 is 26.1 Å². The molecule has 0 spiro atoms. The van der Waals surface area contributed by atoms with Crippen LogP contribution in [-0.2, 0) is 10.1 Å². The molecule has 0 radical (unpaired) electrons. The summed E-state index contributed by atoms with van der Waals surface area (Å²) in [5.41, 5.74) is 0. The summed E-state index contributed by atoms with van der Waals surface area (Å²) in [5, 5.41) is -1.95. The highest BCUT2D eigenvalue weighted by Gasteiger charge is 2.52. The van der Waals surface area contributed by atoms with Crippen LogP contribution in [-0.4, -0.2) is 38.5 Å². The third-order valence-corrected chi connectivity index (χ3v) is 2.96. The van der Waals surface area contributed by atoms with E-state index in [0.29, 0.717) is 6.42 Å².